The Labute approximate surface area is 128 Å². The zero-order valence-electron chi connectivity index (χ0n) is 11.9. The van der Waals surface area contributed by atoms with Gasteiger partial charge in [-0.15, -0.1) is 0 Å². The summed E-state index contributed by atoms with van der Waals surface area (Å²) in [7, 11) is 0. The van der Waals surface area contributed by atoms with E-state index in [-0.39, 0.29) is 24.1 Å². The second-order valence-electron chi connectivity index (χ2n) is 5.84. The maximum absolute atomic E-state index is 12.1. The Bertz CT molecular complexity index is 507. The SMILES string of the molecule is Cc1ccc(NC(=O)NC2CCCC2(C)CO)c(Br)c1. The van der Waals surface area contributed by atoms with Crippen molar-refractivity contribution in [2.45, 2.75) is 39.2 Å². The van der Waals surface area contributed by atoms with Gasteiger partial charge in [-0.1, -0.05) is 19.4 Å². The molecule has 1 aliphatic rings. The van der Waals surface area contributed by atoms with Gasteiger partial charge in [0.15, 0.2) is 0 Å². The van der Waals surface area contributed by atoms with Crippen LogP contribution in [0.15, 0.2) is 22.7 Å². The van der Waals surface area contributed by atoms with Crippen LogP contribution < -0.4 is 10.6 Å². The first kappa shape index (κ1) is 15.3. The van der Waals surface area contributed by atoms with Crippen LogP contribution in [0.1, 0.15) is 31.7 Å². The smallest absolute Gasteiger partial charge is 0.319 e. The number of aryl methyl sites for hydroxylation is 1. The van der Waals surface area contributed by atoms with Gasteiger partial charge in [0.1, 0.15) is 0 Å². The second kappa shape index (κ2) is 6.14. The summed E-state index contributed by atoms with van der Waals surface area (Å²) in [5, 5.41) is 15.3. The summed E-state index contributed by atoms with van der Waals surface area (Å²) in [4.78, 5) is 12.1. The first-order valence-electron chi connectivity index (χ1n) is 6.89. The predicted molar refractivity (Wildman–Crippen MR) is 83.9 cm³/mol. The zero-order chi connectivity index (χ0) is 14.8. The van der Waals surface area contributed by atoms with Crippen molar-refractivity contribution in [3.05, 3.63) is 28.2 Å². The molecule has 0 saturated heterocycles. The van der Waals surface area contributed by atoms with E-state index < -0.39 is 0 Å². The Kier molecular flexibility index (Phi) is 4.70. The molecule has 0 radical (unpaired) electrons. The molecule has 2 unspecified atom stereocenters. The van der Waals surface area contributed by atoms with E-state index >= 15 is 0 Å². The Morgan fingerprint density at radius 2 is 2.30 bits per heavy atom. The van der Waals surface area contributed by atoms with Crippen molar-refractivity contribution >= 4 is 27.6 Å². The number of hydrogen-bond donors (Lipinski definition) is 3. The Balaban J connectivity index is 1.99. The molecular weight excluding hydrogens is 320 g/mol. The number of carbonyl (C=O) groups is 1. The highest BCUT2D eigenvalue weighted by Crippen LogP contribution is 2.37. The number of nitrogens with one attached hydrogen (secondary N) is 2. The van der Waals surface area contributed by atoms with Crippen molar-refractivity contribution in [2.24, 2.45) is 5.41 Å². The molecule has 110 valence electrons. The van der Waals surface area contributed by atoms with Crippen molar-refractivity contribution in [1.82, 2.24) is 5.32 Å². The van der Waals surface area contributed by atoms with Gasteiger partial charge in [-0.3, -0.25) is 0 Å². The Morgan fingerprint density at radius 3 is 2.95 bits per heavy atom. The average Bonchev–Trinajstić information content (AvgIpc) is 2.75. The van der Waals surface area contributed by atoms with E-state index in [1.165, 1.54) is 0 Å². The fraction of sp³-hybridized carbons (Fsp3) is 0.533. The summed E-state index contributed by atoms with van der Waals surface area (Å²) in [6.45, 7) is 4.12. The minimum absolute atomic E-state index is 0.0247. The summed E-state index contributed by atoms with van der Waals surface area (Å²) in [5.74, 6) is 0. The number of hydrogen-bond acceptors (Lipinski definition) is 2. The van der Waals surface area contributed by atoms with Crippen LogP contribution in [0, 0.1) is 12.3 Å². The van der Waals surface area contributed by atoms with Crippen molar-refractivity contribution in [3.63, 3.8) is 0 Å². The summed E-state index contributed by atoms with van der Waals surface area (Å²) >= 11 is 3.44. The van der Waals surface area contributed by atoms with Crippen molar-refractivity contribution in [1.29, 1.82) is 0 Å². The third-order valence-electron chi connectivity index (χ3n) is 4.12. The Morgan fingerprint density at radius 1 is 1.55 bits per heavy atom. The van der Waals surface area contributed by atoms with E-state index in [1.54, 1.807) is 0 Å². The van der Waals surface area contributed by atoms with E-state index in [1.807, 2.05) is 32.0 Å². The third kappa shape index (κ3) is 3.33. The fourth-order valence-electron chi connectivity index (χ4n) is 2.71. The Hall–Kier alpha value is -1.07. The molecule has 2 rings (SSSR count). The minimum Gasteiger partial charge on any atom is -0.396 e. The van der Waals surface area contributed by atoms with E-state index in [0.717, 1.165) is 35.0 Å². The van der Waals surface area contributed by atoms with Gasteiger partial charge >= 0.3 is 6.03 Å². The topological polar surface area (TPSA) is 61.4 Å². The molecule has 2 atom stereocenters. The van der Waals surface area contributed by atoms with Crippen LogP contribution in [0.5, 0.6) is 0 Å². The molecule has 1 aromatic rings. The molecule has 4 nitrogen and oxygen atoms in total. The van der Waals surface area contributed by atoms with Gasteiger partial charge in [-0.25, -0.2) is 4.79 Å². The zero-order valence-corrected chi connectivity index (χ0v) is 13.5. The number of anilines is 1. The number of carbonyl (C=O) groups excluding carboxylic acids is 1. The van der Waals surface area contributed by atoms with Gasteiger partial charge in [0.2, 0.25) is 0 Å². The van der Waals surface area contributed by atoms with Crippen LogP contribution in [0.3, 0.4) is 0 Å². The number of amides is 2. The third-order valence-corrected chi connectivity index (χ3v) is 4.78. The second-order valence-corrected chi connectivity index (χ2v) is 6.69. The van der Waals surface area contributed by atoms with E-state index in [2.05, 4.69) is 26.6 Å². The van der Waals surface area contributed by atoms with Crippen LogP contribution in [0.4, 0.5) is 10.5 Å². The lowest BCUT2D eigenvalue weighted by Gasteiger charge is -2.30. The molecular formula is C15H21BrN2O2. The van der Waals surface area contributed by atoms with Gasteiger partial charge in [-0.2, -0.15) is 0 Å². The van der Waals surface area contributed by atoms with Gasteiger partial charge in [0.25, 0.3) is 0 Å². The molecule has 1 aromatic carbocycles. The lowest BCUT2D eigenvalue weighted by atomic mass is 9.86. The molecule has 0 bridgehead atoms. The van der Waals surface area contributed by atoms with Gasteiger partial charge in [-0.05, 0) is 53.4 Å². The molecule has 0 aliphatic heterocycles. The first-order chi connectivity index (χ1) is 9.44. The monoisotopic (exact) mass is 340 g/mol. The number of aliphatic hydroxyl groups is 1. The van der Waals surface area contributed by atoms with E-state index in [0.29, 0.717) is 0 Å². The molecule has 2 amide bonds. The normalized spacial score (nSPS) is 25.5. The van der Waals surface area contributed by atoms with E-state index in [9.17, 15) is 9.90 Å². The highest BCUT2D eigenvalue weighted by molar-refractivity contribution is 9.10. The summed E-state index contributed by atoms with van der Waals surface area (Å²) in [5.41, 5.74) is 1.67. The predicted octanol–water partition coefficient (Wildman–Crippen LogP) is 3.43. The van der Waals surface area contributed by atoms with Crippen molar-refractivity contribution in [3.8, 4) is 0 Å². The van der Waals surface area contributed by atoms with Crippen LogP contribution in [-0.2, 0) is 0 Å². The lowest BCUT2D eigenvalue weighted by Crippen LogP contribution is -2.46. The number of rotatable bonds is 3. The van der Waals surface area contributed by atoms with Crippen LogP contribution in [-0.4, -0.2) is 23.8 Å². The lowest BCUT2D eigenvalue weighted by molar-refractivity contribution is 0.122. The quantitative estimate of drug-likeness (QED) is 0.789. The van der Waals surface area contributed by atoms with Crippen molar-refractivity contribution in [2.75, 3.05) is 11.9 Å². The maximum atomic E-state index is 12.1. The van der Waals surface area contributed by atoms with Gasteiger partial charge < -0.3 is 15.7 Å². The molecule has 1 aliphatic carbocycles. The summed E-state index contributed by atoms with van der Waals surface area (Å²) in [6.07, 6.45) is 2.90. The van der Waals surface area contributed by atoms with Gasteiger partial charge in [0, 0.05) is 15.9 Å². The fourth-order valence-corrected chi connectivity index (χ4v) is 3.30. The number of urea groups is 1. The highest BCUT2D eigenvalue weighted by Gasteiger charge is 2.39. The molecule has 0 heterocycles. The average molecular weight is 341 g/mol. The minimum atomic E-state index is -0.221. The maximum Gasteiger partial charge on any atom is 0.319 e. The van der Waals surface area contributed by atoms with Crippen LogP contribution >= 0.6 is 15.9 Å². The number of benzene rings is 1. The summed E-state index contributed by atoms with van der Waals surface area (Å²) in [6, 6.07) is 5.59. The number of halogens is 1. The molecule has 3 N–H and O–H groups in total. The molecule has 1 fully saturated rings. The number of aliphatic hydroxyl groups excluding tert-OH is 1. The first-order valence-corrected chi connectivity index (χ1v) is 7.68. The summed E-state index contributed by atoms with van der Waals surface area (Å²) < 4.78 is 0.865. The molecule has 1 saturated carbocycles. The van der Waals surface area contributed by atoms with Crippen LogP contribution in [0.2, 0.25) is 0 Å². The molecule has 5 heteroatoms. The molecule has 20 heavy (non-hydrogen) atoms. The van der Waals surface area contributed by atoms with Crippen LogP contribution in [0.25, 0.3) is 0 Å². The largest absolute Gasteiger partial charge is 0.396 e. The highest BCUT2D eigenvalue weighted by atomic mass is 79.9. The van der Waals surface area contributed by atoms with Crippen molar-refractivity contribution < 1.29 is 9.90 Å². The van der Waals surface area contributed by atoms with E-state index in [4.69, 9.17) is 0 Å². The van der Waals surface area contributed by atoms with Gasteiger partial charge in [0.05, 0.1) is 12.3 Å². The molecule has 0 spiro atoms. The standard InChI is InChI=1S/C15H21BrN2O2/c1-10-5-6-12(11(16)8-10)17-14(20)18-13-4-3-7-15(13,2)9-19/h5-6,8,13,19H,3-4,7,9H2,1-2H3,(H2,17,18,20). The molecule has 0 aromatic heterocycles.